The van der Waals surface area contributed by atoms with E-state index in [1.54, 1.807) is 13.3 Å². The molecule has 0 radical (unpaired) electrons. The fourth-order valence-corrected chi connectivity index (χ4v) is 1.02. The molecule has 0 atom stereocenters. The maximum absolute atomic E-state index is 4.61. The molecule has 0 heterocycles. The van der Waals surface area contributed by atoms with Crippen LogP contribution in [0.3, 0.4) is 0 Å². The Balaban J connectivity index is 3.00. The molecule has 0 aliphatic rings. The molecule has 0 fully saturated rings. The van der Waals surface area contributed by atoms with Gasteiger partial charge in [0.1, 0.15) is 7.11 Å². The summed E-state index contributed by atoms with van der Waals surface area (Å²) in [5.41, 5.74) is 3.63. The SMILES string of the molecule is CO/N=C/c1cccc(C)c1C. The summed E-state index contributed by atoms with van der Waals surface area (Å²) in [6, 6.07) is 6.11. The summed E-state index contributed by atoms with van der Waals surface area (Å²) in [6.45, 7) is 4.16. The van der Waals surface area contributed by atoms with E-state index in [9.17, 15) is 0 Å². The van der Waals surface area contributed by atoms with Gasteiger partial charge in [0.15, 0.2) is 0 Å². The first-order valence-electron chi connectivity index (χ1n) is 3.88. The quantitative estimate of drug-likeness (QED) is 0.484. The van der Waals surface area contributed by atoms with Crippen molar-refractivity contribution in [2.45, 2.75) is 13.8 Å². The summed E-state index contributed by atoms with van der Waals surface area (Å²) < 4.78 is 0. The largest absolute Gasteiger partial charge is 0.399 e. The Hall–Kier alpha value is -1.31. The molecule has 0 amide bonds. The predicted octanol–water partition coefficient (Wildman–Crippen LogP) is 2.28. The van der Waals surface area contributed by atoms with Gasteiger partial charge in [0.2, 0.25) is 0 Å². The Kier molecular flexibility index (Phi) is 2.86. The van der Waals surface area contributed by atoms with Crippen LogP contribution in [0.25, 0.3) is 0 Å². The molecule has 0 saturated carbocycles. The number of rotatable bonds is 2. The van der Waals surface area contributed by atoms with Gasteiger partial charge in [-0.15, -0.1) is 0 Å². The lowest BCUT2D eigenvalue weighted by molar-refractivity contribution is 0.215. The minimum atomic E-state index is 1.11. The third-order valence-corrected chi connectivity index (χ3v) is 1.94. The van der Waals surface area contributed by atoms with Crippen LogP contribution in [0.15, 0.2) is 23.4 Å². The van der Waals surface area contributed by atoms with Crippen LogP contribution in [-0.2, 0) is 4.84 Å². The molecule has 0 bridgehead atoms. The molecule has 2 nitrogen and oxygen atoms in total. The van der Waals surface area contributed by atoms with Gasteiger partial charge in [0.05, 0.1) is 6.21 Å². The first kappa shape index (κ1) is 8.78. The molecular formula is C10H13NO. The first-order valence-corrected chi connectivity index (χ1v) is 3.88. The van der Waals surface area contributed by atoms with Crippen molar-refractivity contribution in [3.63, 3.8) is 0 Å². The van der Waals surface area contributed by atoms with Gasteiger partial charge in [-0.3, -0.25) is 0 Å². The lowest BCUT2D eigenvalue weighted by atomic mass is 10.0. The fourth-order valence-electron chi connectivity index (χ4n) is 1.02. The Bertz CT molecular complexity index is 292. The second-order valence-corrected chi connectivity index (χ2v) is 2.71. The van der Waals surface area contributed by atoms with Crippen molar-refractivity contribution in [2.24, 2.45) is 5.16 Å². The van der Waals surface area contributed by atoms with Crippen molar-refractivity contribution in [1.82, 2.24) is 0 Å². The van der Waals surface area contributed by atoms with Gasteiger partial charge < -0.3 is 4.84 Å². The van der Waals surface area contributed by atoms with Crippen molar-refractivity contribution in [3.8, 4) is 0 Å². The normalized spacial score (nSPS) is 10.6. The summed E-state index contributed by atoms with van der Waals surface area (Å²) in [4.78, 5) is 4.61. The van der Waals surface area contributed by atoms with Gasteiger partial charge in [0.25, 0.3) is 0 Å². The van der Waals surface area contributed by atoms with Crippen LogP contribution in [0.1, 0.15) is 16.7 Å². The molecule has 0 saturated heterocycles. The molecule has 1 rings (SSSR count). The molecule has 2 heteroatoms. The Morgan fingerprint density at radius 1 is 1.33 bits per heavy atom. The van der Waals surface area contributed by atoms with Crippen LogP contribution in [0.5, 0.6) is 0 Å². The van der Waals surface area contributed by atoms with E-state index >= 15 is 0 Å². The van der Waals surface area contributed by atoms with E-state index in [-0.39, 0.29) is 0 Å². The highest BCUT2D eigenvalue weighted by molar-refractivity contribution is 5.81. The number of oxime groups is 1. The van der Waals surface area contributed by atoms with E-state index in [2.05, 4.69) is 29.9 Å². The topological polar surface area (TPSA) is 21.6 Å². The van der Waals surface area contributed by atoms with Crippen LogP contribution in [0, 0.1) is 13.8 Å². The molecule has 0 unspecified atom stereocenters. The highest BCUT2D eigenvalue weighted by atomic mass is 16.6. The average molecular weight is 163 g/mol. The van der Waals surface area contributed by atoms with Crippen molar-refractivity contribution < 1.29 is 4.84 Å². The van der Waals surface area contributed by atoms with Crippen LogP contribution < -0.4 is 0 Å². The van der Waals surface area contributed by atoms with E-state index < -0.39 is 0 Å². The second-order valence-electron chi connectivity index (χ2n) is 2.71. The third-order valence-electron chi connectivity index (χ3n) is 1.94. The maximum atomic E-state index is 4.61. The van der Waals surface area contributed by atoms with Crippen molar-refractivity contribution >= 4 is 6.21 Å². The lowest BCUT2D eigenvalue weighted by Gasteiger charge is -2.01. The zero-order valence-corrected chi connectivity index (χ0v) is 7.66. The standard InChI is InChI=1S/C10H13NO/c1-8-5-4-6-10(9(8)2)7-11-12-3/h4-7H,1-3H3/b11-7+. The molecule has 0 aliphatic carbocycles. The van der Waals surface area contributed by atoms with Crippen molar-refractivity contribution in [3.05, 3.63) is 34.9 Å². The molecular weight excluding hydrogens is 150 g/mol. The molecule has 0 aliphatic heterocycles. The van der Waals surface area contributed by atoms with E-state index in [1.807, 2.05) is 12.1 Å². The van der Waals surface area contributed by atoms with Gasteiger partial charge in [-0.2, -0.15) is 0 Å². The zero-order chi connectivity index (χ0) is 8.97. The maximum Gasteiger partial charge on any atom is 0.106 e. The number of benzene rings is 1. The predicted molar refractivity (Wildman–Crippen MR) is 50.5 cm³/mol. The highest BCUT2D eigenvalue weighted by Crippen LogP contribution is 2.10. The molecule has 0 N–H and O–H groups in total. The smallest absolute Gasteiger partial charge is 0.106 e. The molecule has 64 valence electrons. The fraction of sp³-hybridized carbons (Fsp3) is 0.300. The Labute approximate surface area is 72.9 Å². The minimum absolute atomic E-state index is 1.11. The highest BCUT2D eigenvalue weighted by Gasteiger charge is 1.96. The molecule has 12 heavy (non-hydrogen) atoms. The molecule has 1 aromatic carbocycles. The van der Waals surface area contributed by atoms with Crippen molar-refractivity contribution in [2.75, 3.05) is 7.11 Å². The van der Waals surface area contributed by atoms with E-state index in [4.69, 9.17) is 0 Å². The molecule has 1 aromatic rings. The van der Waals surface area contributed by atoms with E-state index in [1.165, 1.54) is 11.1 Å². The van der Waals surface area contributed by atoms with Gasteiger partial charge in [-0.1, -0.05) is 23.4 Å². The van der Waals surface area contributed by atoms with Crippen LogP contribution in [0.4, 0.5) is 0 Å². The van der Waals surface area contributed by atoms with Crippen LogP contribution >= 0.6 is 0 Å². The summed E-state index contributed by atoms with van der Waals surface area (Å²) in [5.74, 6) is 0. The van der Waals surface area contributed by atoms with Crippen LogP contribution in [-0.4, -0.2) is 13.3 Å². The van der Waals surface area contributed by atoms with Gasteiger partial charge in [-0.05, 0) is 30.5 Å². The average Bonchev–Trinajstić information content (AvgIpc) is 2.08. The van der Waals surface area contributed by atoms with Gasteiger partial charge in [0, 0.05) is 0 Å². The zero-order valence-electron chi connectivity index (χ0n) is 7.66. The summed E-state index contributed by atoms with van der Waals surface area (Å²) in [5, 5.41) is 3.72. The first-order chi connectivity index (χ1) is 5.75. The number of aryl methyl sites for hydroxylation is 1. The van der Waals surface area contributed by atoms with E-state index in [0.29, 0.717) is 0 Å². The van der Waals surface area contributed by atoms with Crippen LogP contribution in [0.2, 0.25) is 0 Å². The summed E-state index contributed by atoms with van der Waals surface area (Å²) in [7, 11) is 1.54. The number of nitrogens with zero attached hydrogens (tertiary/aromatic N) is 1. The number of hydrogen-bond donors (Lipinski definition) is 0. The van der Waals surface area contributed by atoms with Gasteiger partial charge in [-0.25, -0.2) is 0 Å². The second kappa shape index (κ2) is 3.90. The number of hydrogen-bond acceptors (Lipinski definition) is 2. The molecule has 0 aromatic heterocycles. The third kappa shape index (κ3) is 1.84. The minimum Gasteiger partial charge on any atom is -0.399 e. The Morgan fingerprint density at radius 3 is 2.75 bits per heavy atom. The summed E-state index contributed by atoms with van der Waals surface area (Å²) >= 11 is 0. The monoisotopic (exact) mass is 163 g/mol. The van der Waals surface area contributed by atoms with Crippen molar-refractivity contribution in [1.29, 1.82) is 0 Å². The van der Waals surface area contributed by atoms with E-state index in [0.717, 1.165) is 5.56 Å². The Morgan fingerprint density at radius 2 is 2.08 bits per heavy atom. The summed E-state index contributed by atoms with van der Waals surface area (Å²) in [6.07, 6.45) is 1.72. The molecule has 0 spiro atoms. The van der Waals surface area contributed by atoms with Gasteiger partial charge >= 0.3 is 0 Å². The lowest BCUT2D eigenvalue weighted by Crippen LogP contribution is -1.89.